The summed E-state index contributed by atoms with van der Waals surface area (Å²) >= 11 is 5.70. The van der Waals surface area contributed by atoms with Gasteiger partial charge in [0, 0.05) is 0 Å². The van der Waals surface area contributed by atoms with Crippen LogP contribution in [0.5, 0.6) is 5.75 Å². The van der Waals surface area contributed by atoms with Crippen molar-refractivity contribution in [3.8, 4) is 5.75 Å². The van der Waals surface area contributed by atoms with Gasteiger partial charge < -0.3 is 9.29 Å². The number of carbonyl (C=O) groups is 1. The third kappa shape index (κ3) is 3.53. The molecule has 0 aromatic heterocycles. The predicted octanol–water partition coefficient (Wildman–Crippen LogP) is 3.11. The summed E-state index contributed by atoms with van der Waals surface area (Å²) in [6, 6.07) is 9.80. The maximum Gasteiger partial charge on any atom is 0.339 e. The topological polar surface area (TPSA) is 80.7 Å². The zero-order chi connectivity index (χ0) is 15.6. The van der Waals surface area contributed by atoms with E-state index >= 15 is 0 Å². The minimum absolute atomic E-state index is 0.0446. The first-order valence-electron chi connectivity index (χ1n) is 5.83. The fourth-order valence-corrected chi connectivity index (χ4v) is 2.75. The van der Waals surface area contributed by atoms with E-state index in [1.54, 1.807) is 12.1 Å². The molecule has 0 fully saturated rings. The van der Waals surface area contributed by atoms with Gasteiger partial charge in [-0.3, -0.25) is 0 Å². The Bertz CT molecular complexity index is 782. The Morgan fingerprint density at radius 1 is 1.14 bits per heavy atom. The van der Waals surface area contributed by atoms with Crippen LogP contribution in [0.2, 0.25) is 5.02 Å². The summed E-state index contributed by atoms with van der Waals surface area (Å²) < 4.78 is 29.2. The van der Waals surface area contributed by atoms with E-state index in [2.05, 4.69) is 0 Å². The molecule has 0 unspecified atom stereocenters. The molecule has 0 saturated heterocycles. The molecule has 110 valence electrons. The lowest BCUT2D eigenvalue weighted by molar-refractivity contribution is 0.0697. The quantitative estimate of drug-likeness (QED) is 0.873. The highest BCUT2D eigenvalue weighted by molar-refractivity contribution is 7.87. The molecule has 7 heteroatoms. The highest BCUT2D eigenvalue weighted by Crippen LogP contribution is 2.23. The maximum atomic E-state index is 12.1. The van der Waals surface area contributed by atoms with Gasteiger partial charge in [-0.2, -0.15) is 8.42 Å². The molecule has 0 saturated carbocycles. The van der Waals surface area contributed by atoms with Crippen LogP contribution in [0.1, 0.15) is 15.9 Å². The van der Waals surface area contributed by atoms with Crippen molar-refractivity contribution in [3.05, 3.63) is 58.6 Å². The number of halogens is 1. The van der Waals surface area contributed by atoms with Crippen molar-refractivity contribution in [1.29, 1.82) is 0 Å². The van der Waals surface area contributed by atoms with Crippen molar-refractivity contribution in [2.75, 3.05) is 0 Å². The number of hydrogen-bond acceptors (Lipinski definition) is 4. The predicted molar refractivity (Wildman–Crippen MR) is 77.4 cm³/mol. The first kappa shape index (κ1) is 15.3. The molecule has 0 aliphatic carbocycles. The summed E-state index contributed by atoms with van der Waals surface area (Å²) in [6.45, 7) is 1.86. The summed E-state index contributed by atoms with van der Waals surface area (Å²) in [5, 5.41) is 8.91. The lowest BCUT2D eigenvalue weighted by Gasteiger charge is -2.08. The lowest BCUT2D eigenvalue weighted by Crippen LogP contribution is -2.11. The normalized spacial score (nSPS) is 11.1. The summed E-state index contributed by atoms with van der Waals surface area (Å²) in [5.41, 5.74) is 0.657. The Labute approximate surface area is 126 Å². The first-order chi connectivity index (χ1) is 9.79. The van der Waals surface area contributed by atoms with Crippen LogP contribution in [-0.2, 0) is 10.1 Å². The zero-order valence-electron chi connectivity index (χ0n) is 10.9. The van der Waals surface area contributed by atoms with Crippen molar-refractivity contribution in [2.24, 2.45) is 0 Å². The Morgan fingerprint density at radius 3 is 2.33 bits per heavy atom. The molecule has 2 rings (SSSR count). The molecule has 0 bridgehead atoms. The molecule has 2 aromatic rings. The van der Waals surface area contributed by atoms with Gasteiger partial charge in [0.1, 0.15) is 10.6 Å². The van der Waals surface area contributed by atoms with Gasteiger partial charge in [0.25, 0.3) is 0 Å². The number of rotatable bonds is 4. The number of hydrogen-bond donors (Lipinski definition) is 1. The average Bonchev–Trinajstić information content (AvgIpc) is 2.41. The fourth-order valence-electron chi connectivity index (χ4n) is 1.59. The van der Waals surface area contributed by atoms with Crippen LogP contribution < -0.4 is 4.18 Å². The largest absolute Gasteiger partial charge is 0.478 e. The standard InChI is InChI=1S/C14H11ClO5S/c1-9-2-4-10(5-3-9)20-21(18,19)11-6-7-13(15)12(8-11)14(16)17/h2-8H,1H3,(H,16,17). The van der Waals surface area contributed by atoms with Crippen LogP contribution in [0, 0.1) is 6.92 Å². The minimum atomic E-state index is -4.12. The second kappa shape index (κ2) is 5.75. The van der Waals surface area contributed by atoms with Gasteiger partial charge in [-0.1, -0.05) is 29.3 Å². The van der Waals surface area contributed by atoms with Gasteiger partial charge in [-0.15, -0.1) is 0 Å². The monoisotopic (exact) mass is 326 g/mol. The average molecular weight is 327 g/mol. The van der Waals surface area contributed by atoms with Gasteiger partial charge in [-0.25, -0.2) is 4.79 Å². The van der Waals surface area contributed by atoms with E-state index in [1.165, 1.54) is 24.3 Å². The number of aromatic carboxylic acids is 1. The third-order valence-electron chi connectivity index (χ3n) is 2.68. The van der Waals surface area contributed by atoms with Crippen LogP contribution in [0.15, 0.2) is 47.4 Å². The maximum absolute atomic E-state index is 12.1. The van der Waals surface area contributed by atoms with Crippen molar-refractivity contribution in [3.63, 3.8) is 0 Å². The second-order valence-corrected chi connectivity index (χ2v) is 6.25. The molecule has 0 amide bonds. The highest BCUT2D eigenvalue weighted by Gasteiger charge is 2.20. The molecular weight excluding hydrogens is 316 g/mol. The summed E-state index contributed by atoms with van der Waals surface area (Å²) in [4.78, 5) is 10.7. The van der Waals surface area contributed by atoms with Crippen LogP contribution in [0.4, 0.5) is 0 Å². The smallest absolute Gasteiger partial charge is 0.339 e. The number of benzene rings is 2. The molecule has 0 heterocycles. The molecule has 2 aromatic carbocycles. The van der Waals surface area contributed by atoms with E-state index in [-0.39, 0.29) is 21.2 Å². The summed E-state index contributed by atoms with van der Waals surface area (Å²) in [6.07, 6.45) is 0. The van der Waals surface area contributed by atoms with Crippen LogP contribution in [-0.4, -0.2) is 19.5 Å². The molecule has 21 heavy (non-hydrogen) atoms. The van der Waals surface area contributed by atoms with Crippen molar-refractivity contribution in [1.82, 2.24) is 0 Å². The van der Waals surface area contributed by atoms with E-state index in [0.717, 1.165) is 11.6 Å². The van der Waals surface area contributed by atoms with E-state index in [0.29, 0.717) is 0 Å². The SMILES string of the molecule is Cc1ccc(OS(=O)(=O)c2ccc(Cl)c(C(=O)O)c2)cc1. The second-order valence-electron chi connectivity index (χ2n) is 4.30. The third-order valence-corrected chi connectivity index (χ3v) is 4.26. The van der Waals surface area contributed by atoms with Gasteiger partial charge in [0.2, 0.25) is 0 Å². The molecule has 1 N–H and O–H groups in total. The van der Waals surface area contributed by atoms with Gasteiger partial charge >= 0.3 is 16.1 Å². The van der Waals surface area contributed by atoms with Crippen molar-refractivity contribution >= 4 is 27.7 Å². The Morgan fingerprint density at radius 2 is 1.76 bits per heavy atom. The molecule has 0 aliphatic rings. The van der Waals surface area contributed by atoms with E-state index in [1.807, 2.05) is 6.92 Å². The van der Waals surface area contributed by atoms with Gasteiger partial charge in [-0.05, 0) is 37.3 Å². The number of carboxylic acid groups (broad SMARTS) is 1. The first-order valence-corrected chi connectivity index (χ1v) is 7.62. The van der Waals surface area contributed by atoms with Crippen LogP contribution >= 0.6 is 11.6 Å². The fraction of sp³-hybridized carbons (Fsp3) is 0.0714. The van der Waals surface area contributed by atoms with Gasteiger partial charge in [0.15, 0.2) is 0 Å². The van der Waals surface area contributed by atoms with Crippen LogP contribution in [0.25, 0.3) is 0 Å². The molecule has 5 nitrogen and oxygen atoms in total. The summed E-state index contributed by atoms with van der Waals surface area (Å²) in [5.74, 6) is -1.17. The lowest BCUT2D eigenvalue weighted by atomic mass is 10.2. The Kier molecular flexibility index (Phi) is 4.20. The molecule has 0 atom stereocenters. The van der Waals surface area contributed by atoms with E-state index < -0.39 is 16.1 Å². The molecular formula is C14H11ClO5S. The summed E-state index contributed by atoms with van der Waals surface area (Å²) in [7, 11) is -4.12. The molecule has 0 radical (unpaired) electrons. The van der Waals surface area contributed by atoms with Crippen molar-refractivity contribution < 1.29 is 22.5 Å². The Balaban J connectivity index is 2.38. The molecule has 0 spiro atoms. The number of aryl methyl sites for hydroxylation is 1. The van der Waals surface area contributed by atoms with E-state index in [4.69, 9.17) is 20.9 Å². The van der Waals surface area contributed by atoms with E-state index in [9.17, 15) is 13.2 Å². The number of carboxylic acids is 1. The minimum Gasteiger partial charge on any atom is -0.478 e. The van der Waals surface area contributed by atoms with Crippen LogP contribution in [0.3, 0.4) is 0 Å². The van der Waals surface area contributed by atoms with Gasteiger partial charge in [0.05, 0.1) is 10.6 Å². The zero-order valence-corrected chi connectivity index (χ0v) is 12.5. The van der Waals surface area contributed by atoms with Crippen molar-refractivity contribution in [2.45, 2.75) is 11.8 Å². The Hall–Kier alpha value is -2.05. The highest BCUT2D eigenvalue weighted by atomic mass is 35.5. The molecule has 0 aliphatic heterocycles.